The molecular weight excluding hydrogens is 234 g/mol. The van der Waals surface area contributed by atoms with Crippen molar-refractivity contribution in [3.05, 3.63) is 11.8 Å². The number of hydrogen-bond acceptors (Lipinski definition) is 4. The lowest BCUT2D eigenvalue weighted by molar-refractivity contribution is -0.155. The van der Waals surface area contributed by atoms with E-state index in [-0.39, 0.29) is 18.1 Å². The van der Waals surface area contributed by atoms with Crippen LogP contribution in [0, 0.1) is 0 Å². The Bertz CT molecular complexity index is 305. The van der Waals surface area contributed by atoms with Gasteiger partial charge in [-0.15, -0.1) is 0 Å². The summed E-state index contributed by atoms with van der Waals surface area (Å²) in [6.07, 6.45) is 3.24. The van der Waals surface area contributed by atoms with Gasteiger partial charge in [0.2, 0.25) is 6.41 Å². The molecule has 0 aliphatic carbocycles. The molecule has 0 aromatic rings. The van der Waals surface area contributed by atoms with Crippen LogP contribution < -0.4 is 5.32 Å². The largest absolute Gasteiger partial charge is 0.510 e. The summed E-state index contributed by atoms with van der Waals surface area (Å²) in [7, 11) is 0. The first-order valence-corrected chi connectivity index (χ1v) is 6.10. The number of ether oxygens (including phenoxy) is 1. The molecule has 5 heteroatoms. The van der Waals surface area contributed by atoms with Crippen LogP contribution in [0.2, 0.25) is 0 Å². The molecule has 0 bridgehead atoms. The number of aliphatic hydroxyl groups excluding tert-OH is 1. The van der Waals surface area contributed by atoms with Crippen LogP contribution in [0.3, 0.4) is 0 Å². The van der Waals surface area contributed by atoms with E-state index < -0.39 is 11.6 Å². The number of aliphatic hydroxyl groups is 1. The molecular formula is C13H23NO4. The van der Waals surface area contributed by atoms with E-state index in [0.29, 0.717) is 19.3 Å². The van der Waals surface area contributed by atoms with Crippen LogP contribution in [-0.4, -0.2) is 29.1 Å². The molecule has 18 heavy (non-hydrogen) atoms. The highest BCUT2D eigenvalue weighted by Gasteiger charge is 2.19. The molecule has 2 N–H and O–H groups in total. The van der Waals surface area contributed by atoms with E-state index in [1.54, 1.807) is 26.8 Å². The molecule has 0 radical (unpaired) electrons. The van der Waals surface area contributed by atoms with Crippen LogP contribution in [0.5, 0.6) is 0 Å². The van der Waals surface area contributed by atoms with Crippen LogP contribution in [0.15, 0.2) is 11.8 Å². The molecule has 1 unspecified atom stereocenters. The Labute approximate surface area is 108 Å². The Kier molecular flexibility index (Phi) is 7.08. The van der Waals surface area contributed by atoms with Crippen molar-refractivity contribution >= 4 is 12.4 Å². The monoisotopic (exact) mass is 257 g/mol. The summed E-state index contributed by atoms with van der Waals surface area (Å²) in [5.74, 6) is -0.266. The first kappa shape index (κ1) is 16.5. The molecule has 0 fully saturated rings. The second-order valence-electron chi connectivity index (χ2n) is 5.00. The summed E-state index contributed by atoms with van der Waals surface area (Å²) in [5.41, 5.74) is -0.522. The van der Waals surface area contributed by atoms with Gasteiger partial charge in [-0.25, -0.2) is 0 Å². The number of carbonyl (C=O) groups excluding carboxylic acids is 2. The van der Waals surface area contributed by atoms with Gasteiger partial charge < -0.3 is 15.2 Å². The van der Waals surface area contributed by atoms with E-state index in [2.05, 4.69) is 5.32 Å². The van der Waals surface area contributed by atoms with Gasteiger partial charge in [-0.05, 0) is 39.7 Å². The Hall–Kier alpha value is -1.52. The fourth-order valence-electron chi connectivity index (χ4n) is 1.40. The van der Waals surface area contributed by atoms with E-state index >= 15 is 0 Å². The second-order valence-corrected chi connectivity index (χ2v) is 5.00. The normalized spacial score (nSPS) is 13.9. The topological polar surface area (TPSA) is 75.6 Å². The molecule has 0 saturated heterocycles. The molecule has 1 amide bonds. The van der Waals surface area contributed by atoms with Crippen molar-refractivity contribution in [2.24, 2.45) is 0 Å². The highest BCUT2D eigenvalue weighted by molar-refractivity contribution is 5.70. The van der Waals surface area contributed by atoms with Gasteiger partial charge in [-0.2, -0.15) is 0 Å². The first-order valence-electron chi connectivity index (χ1n) is 6.10. The molecule has 0 rings (SSSR count). The third-order valence-electron chi connectivity index (χ3n) is 2.10. The smallest absolute Gasteiger partial charge is 0.306 e. The Morgan fingerprint density at radius 1 is 1.44 bits per heavy atom. The number of carbonyl (C=O) groups is 2. The van der Waals surface area contributed by atoms with Crippen molar-refractivity contribution in [3.63, 3.8) is 0 Å². The quantitative estimate of drug-likeness (QED) is 0.416. The maximum absolute atomic E-state index is 11.5. The molecule has 104 valence electrons. The Balaban J connectivity index is 4.31. The molecule has 1 atom stereocenters. The minimum absolute atomic E-state index is 0.0770. The maximum Gasteiger partial charge on any atom is 0.306 e. The van der Waals surface area contributed by atoms with E-state index in [4.69, 9.17) is 4.74 Å². The summed E-state index contributed by atoms with van der Waals surface area (Å²) in [4.78, 5) is 21.9. The van der Waals surface area contributed by atoms with Crippen molar-refractivity contribution < 1.29 is 19.4 Å². The summed E-state index contributed by atoms with van der Waals surface area (Å²) in [5, 5.41) is 12.2. The zero-order valence-electron chi connectivity index (χ0n) is 11.5. The minimum atomic E-state index is -0.532. The predicted molar refractivity (Wildman–Crippen MR) is 69.1 cm³/mol. The molecule has 0 saturated carbocycles. The molecule has 0 aliphatic heterocycles. The van der Waals surface area contributed by atoms with Crippen LogP contribution in [0.1, 0.15) is 47.0 Å². The fourth-order valence-corrected chi connectivity index (χ4v) is 1.40. The van der Waals surface area contributed by atoms with Crippen molar-refractivity contribution in [2.75, 3.05) is 0 Å². The van der Waals surface area contributed by atoms with Crippen LogP contribution in [-0.2, 0) is 14.3 Å². The number of allylic oxidation sites excluding steroid dienone is 1. The minimum Gasteiger partial charge on any atom is -0.510 e. The molecule has 0 aliphatic rings. The predicted octanol–water partition coefficient (Wildman–Crippen LogP) is 2.07. The lowest BCUT2D eigenvalue weighted by Gasteiger charge is -2.20. The van der Waals surface area contributed by atoms with Crippen LogP contribution >= 0.6 is 0 Å². The van der Waals surface area contributed by atoms with Gasteiger partial charge in [-0.3, -0.25) is 9.59 Å². The van der Waals surface area contributed by atoms with E-state index in [1.165, 1.54) is 0 Å². The van der Waals surface area contributed by atoms with Crippen molar-refractivity contribution in [1.29, 1.82) is 0 Å². The summed E-state index contributed by atoms with van der Waals surface area (Å²) in [6, 6.07) is -0.532. The number of rotatable bonds is 7. The summed E-state index contributed by atoms with van der Waals surface area (Å²) < 4.78 is 5.15. The fraction of sp³-hybridized carbons (Fsp3) is 0.692. The molecule has 0 heterocycles. The highest BCUT2D eigenvalue weighted by Crippen LogP contribution is 2.12. The zero-order chi connectivity index (χ0) is 14.2. The van der Waals surface area contributed by atoms with Crippen LogP contribution in [0.25, 0.3) is 0 Å². The molecule has 0 spiro atoms. The average Bonchev–Trinajstić information content (AvgIpc) is 2.21. The second kappa shape index (κ2) is 7.74. The lowest BCUT2D eigenvalue weighted by atomic mass is 10.1. The van der Waals surface area contributed by atoms with E-state index in [9.17, 15) is 14.7 Å². The van der Waals surface area contributed by atoms with Crippen molar-refractivity contribution in [3.8, 4) is 0 Å². The van der Waals surface area contributed by atoms with Gasteiger partial charge in [-0.1, -0.05) is 6.92 Å². The third kappa shape index (κ3) is 7.70. The average molecular weight is 257 g/mol. The first-order chi connectivity index (χ1) is 8.30. The number of esters is 1. The highest BCUT2D eigenvalue weighted by atomic mass is 16.6. The van der Waals surface area contributed by atoms with Gasteiger partial charge in [0.1, 0.15) is 11.4 Å². The van der Waals surface area contributed by atoms with E-state index in [0.717, 1.165) is 0 Å². The summed E-state index contributed by atoms with van der Waals surface area (Å²) >= 11 is 0. The molecule has 0 aromatic heterocycles. The number of nitrogens with one attached hydrogen (secondary N) is 1. The SMILES string of the molecule is CC/C=C(\O)C(CCC(=O)OC(C)(C)C)NC=O. The standard InChI is InChI=1S/C13H23NO4/c1-5-6-11(16)10(14-9-15)7-8-12(17)18-13(2,3)4/h6,9-10,16H,5,7-8H2,1-4H3,(H,14,15)/b11-6-. The number of hydrogen-bond donors (Lipinski definition) is 2. The maximum atomic E-state index is 11.5. The van der Waals surface area contributed by atoms with Crippen molar-refractivity contribution in [1.82, 2.24) is 5.32 Å². The Morgan fingerprint density at radius 3 is 2.50 bits per heavy atom. The molecule has 5 nitrogen and oxygen atoms in total. The van der Waals surface area contributed by atoms with Gasteiger partial charge in [0.15, 0.2) is 0 Å². The van der Waals surface area contributed by atoms with Gasteiger partial charge in [0, 0.05) is 6.42 Å². The van der Waals surface area contributed by atoms with E-state index in [1.807, 2.05) is 6.92 Å². The summed E-state index contributed by atoms with van der Waals surface area (Å²) in [6.45, 7) is 7.25. The Morgan fingerprint density at radius 2 is 2.06 bits per heavy atom. The lowest BCUT2D eigenvalue weighted by Crippen LogP contribution is -2.31. The van der Waals surface area contributed by atoms with Crippen molar-refractivity contribution in [2.45, 2.75) is 58.6 Å². The van der Waals surface area contributed by atoms with Gasteiger partial charge >= 0.3 is 5.97 Å². The zero-order valence-corrected chi connectivity index (χ0v) is 11.5. The van der Waals surface area contributed by atoms with Crippen LogP contribution in [0.4, 0.5) is 0 Å². The third-order valence-corrected chi connectivity index (χ3v) is 2.10. The van der Waals surface area contributed by atoms with Gasteiger partial charge in [0.05, 0.1) is 6.04 Å². The van der Waals surface area contributed by atoms with Gasteiger partial charge in [0.25, 0.3) is 0 Å². The molecule has 0 aromatic carbocycles. The number of amides is 1.